The summed E-state index contributed by atoms with van der Waals surface area (Å²) in [5.41, 5.74) is 11.1. The molecule has 8 heterocycles. The number of unbranched alkanes of at least 4 members (excludes halogenated alkanes) is 4. The van der Waals surface area contributed by atoms with Crippen LogP contribution in [0, 0.1) is 35.5 Å². The van der Waals surface area contributed by atoms with Gasteiger partial charge in [-0.3, -0.25) is 9.59 Å². The van der Waals surface area contributed by atoms with Crippen molar-refractivity contribution in [1.82, 2.24) is 8.75 Å². The Bertz CT molecular complexity index is 3900. The molecule has 0 radical (unpaired) electrons. The summed E-state index contributed by atoms with van der Waals surface area (Å²) >= 11 is 13.4. The molecule has 8 nitrogen and oxygen atoms in total. The van der Waals surface area contributed by atoms with Crippen LogP contribution < -0.4 is 9.47 Å². The van der Waals surface area contributed by atoms with Crippen LogP contribution in [-0.4, -0.2) is 34.5 Å². The predicted molar refractivity (Wildman–Crippen MR) is 398 cm³/mol. The number of carbonyl (C=O) groups is 2. The number of hydrogen-bond acceptors (Lipinski definition) is 15. The van der Waals surface area contributed by atoms with Gasteiger partial charge in [-0.05, 0) is 121 Å². The summed E-state index contributed by atoms with van der Waals surface area (Å²) in [5.74, 6) is 4.72. The number of rotatable bonds is 37. The van der Waals surface area contributed by atoms with Crippen LogP contribution in [0.1, 0.15) is 260 Å². The molecule has 7 atom stereocenters. The molecule has 0 amide bonds. The first-order chi connectivity index (χ1) is 44.3. The van der Waals surface area contributed by atoms with Crippen molar-refractivity contribution in [3.8, 4) is 71.4 Å². The zero-order valence-electron chi connectivity index (χ0n) is 56.0. The third-order valence-electron chi connectivity index (χ3n) is 20.5. The van der Waals surface area contributed by atoms with Crippen LogP contribution in [0.4, 0.5) is 11.4 Å². The first kappa shape index (κ1) is 68.4. The normalized spacial score (nSPS) is 17.9. The third kappa shape index (κ3) is 13.5. The molecule has 0 spiro atoms. The summed E-state index contributed by atoms with van der Waals surface area (Å²) in [6.07, 6.45) is 26.1. The molecular formula is C75H96N4O4S8. The Hall–Kier alpha value is -4.00. The van der Waals surface area contributed by atoms with Crippen molar-refractivity contribution in [1.29, 1.82) is 0 Å². The van der Waals surface area contributed by atoms with Gasteiger partial charge in [-0.2, -0.15) is 17.5 Å². The predicted octanol–water partition coefficient (Wildman–Crippen LogP) is 26.5. The third-order valence-corrected chi connectivity index (χ3v) is 28.9. The van der Waals surface area contributed by atoms with Gasteiger partial charge in [0.15, 0.2) is 12.6 Å². The lowest BCUT2D eigenvalue weighted by molar-refractivity contribution is 0.111. The molecule has 2 aliphatic carbocycles. The van der Waals surface area contributed by atoms with E-state index in [1.165, 1.54) is 149 Å². The van der Waals surface area contributed by atoms with Crippen LogP contribution in [0.25, 0.3) is 70.9 Å². The van der Waals surface area contributed by atoms with Gasteiger partial charge in [0.2, 0.25) is 0 Å². The lowest BCUT2D eigenvalue weighted by Crippen LogP contribution is -2.30. The summed E-state index contributed by atoms with van der Waals surface area (Å²) in [6.45, 7) is 29.5. The maximum absolute atomic E-state index is 12.6. The number of thiophene rings is 6. The van der Waals surface area contributed by atoms with Crippen LogP contribution in [0.15, 0.2) is 45.1 Å². The summed E-state index contributed by atoms with van der Waals surface area (Å²) < 4.78 is 34.8. The highest BCUT2D eigenvalue weighted by atomic mass is 32.1. The number of ether oxygens (including phenoxy) is 2. The van der Waals surface area contributed by atoms with Gasteiger partial charge < -0.3 is 9.47 Å². The molecule has 1 aromatic carbocycles. The minimum atomic E-state index is -0.205. The van der Waals surface area contributed by atoms with Gasteiger partial charge in [0.1, 0.15) is 33.9 Å². The zero-order valence-corrected chi connectivity index (χ0v) is 62.6. The molecule has 488 valence electrons. The molecule has 1 aliphatic heterocycles. The molecule has 91 heavy (non-hydrogen) atoms. The van der Waals surface area contributed by atoms with Gasteiger partial charge >= 0.3 is 0 Å². The quantitative estimate of drug-likeness (QED) is 0.0359. The Kier molecular flexibility index (Phi) is 22.8. The van der Waals surface area contributed by atoms with Gasteiger partial charge in [0.05, 0.1) is 55.8 Å². The van der Waals surface area contributed by atoms with Crippen LogP contribution in [0.3, 0.4) is 0 Å². The molecule has 0 saturated carbocycles. The van der Waals surface area contributed by atoms with Crippen LogP contribution in [0.2, 0.25) is 0 Å². The summed E-state index contributed by atoms with van der Waals surface area (Å²) in [5, 5.41) is 0. The molecule has 0 bridgehead atoms. The van der Waals surface area contributed by atoms with Crippen molar-refractivity contribution in [3.63, 3.8) is 0 Å². The zero-order chi connectivity index (χ0) is 64.1. The van der Waals surface area contributed by atoms with E-state index < -0.39 is 0 Å². The molecule has 0 fully saturated rings. The Labute approximate surface area is 575 Å². The standard InChI is InChI=1S/C75H96N4O4S8/c1-13-22-26-46(18-6)38-74(36-44(10)11)52-32-58(86-68(52)70-54(74)34-60(88-70)72-56(30-50(40-80)84-72)82-42-48(20-8)28-24-15-3)62-64-66(78-90-76-64)63(67-65(62)77-91-79-67)59-33-53-69(87-59)71-55(75(53,37-45(12)17-5)39-47(19-7)27-23-14-2)35-61(89-71)73-57(31-51(41-81)85-73)83-43-49(21-9)29-25-16-4/h30-35,40-41,44-49H,13-29,36-39,42-43H2,1-12H3. The summed E-state index contributed by atoms with van der Waals surface area (Å²) in [4.78, 5) is 38.9. The van der Waals surface area contributed by atoms with E-state index in [1.807, 2.05) is 57.5 Å². The molecule has 7 aromatic heterocycles. The van der Waals surface area contributed by atoms with E-state index in [0.29, 0.717) is 58.5 Å². The van der Waals surface area contributed by atoms with E-state index in [4.69, 9.17) is 26.9 Å². The number of fused-ring (bicyclic) bond motifs is 8. The van der Waals surface area contributed by atoms with Crippen molar-refractivity contribution >= 4 is 126 Å². The molecular weight excluding hydrogens is 1280 g/mol. The number of nitrogens with zero attached hydrogens (tertiary/aromatic N) is 4. The highest BCUT2D eigenvalue weighted by molar-refractivity contribution is 7.58. The lowest BCUT2D eigenvalue weighted by Gasteiger charge is -2.37. The second kappa shape index (κ2) is 30.4. The van der Waals surface area contributed by atoms with Gasteiger partial charge in [-0.1, -0.05) is 179 Å². The van der Waals surface area contributed by atoms with E-state index >= 15 is 0 Å². The Morgan fingerprint density at radius 2 is 0.813 bits per heavy atom. The first-order valence-electron chi connectivity index (χ1n) is 34.7. The second-order valence-electron chi connectivity index (χ2n) is 27.2. The Morgan fingerprint density at radius 3 is 1.18 bits per heavy atom. The van der Waals surface area contributed by atoms with Crippen molar-refractivity contribution in [3.05, 3.63) is 68.4 Å². The molecule has 16 heteroatoms. The van der Waals surface area contributed by atoms with Crippen LogP contribution >= 0.6 is 79.7 Å². The smallest absolute Gasteiger partial charge is 0.160 e. The second-order valence-corrected chi connectivity index (χ2v) is 34.6. The van der Waals surface area contributed by atoms with Gasteiger partial charge in [0.25, 0.3) is 0 Å². The fraction of sp³-hybridized carbons (Fsp3) is 0.573. The number of carbonyl (C=O) groups excluding carboxylic acids is 2. The topological polar surface area (TPSA) is 103 Å². The lowest BCUT2D eigenvalue weighted by atomic mass is 9.66. The van der Waals surface area contributed by atoms with Crippen molar-refractivity contribution in [2.75, 3.05) is 13.2 Å². The number of benzene rings is 1. The Balaban J connectivity index is 1.06. The van der Waals surface area contributed by atoms with Crippen molar-refractivity contribution in [2.24, 2.45) is 44.2 Å². The van der Waals surface area contributed by atoms with Gasteiger partial charge in [-0.15, -0.1) is 68.0 Å². The van der Waals surface area contributed by atoms with E-state index in [-0.39, 0.29) is 10.8 Å². The largest absolute Gasteiger partial charge is 0.492 e. The van der Waals surface area contributed by atoms with Crippen LogP contribution in [-0.2, 0) is 22.2 Å². The van der Waals surface area contributed by atoms with Crippen molar-refractivity contribution in [2.45, 2.75) is 229 Å². The van der Waals surface area contributed by atoms with Crippen molar-refractivity contribution < 1.29 is 19.1 Å². The average molecular weight is 1370 g/mol. The summed E-state index contributed by atoms with van der Waals surface area (Å²) in [7, 11) is 0. The fourth-order valence-corrected chi connectivity index (χ4v) is 23.8. The highest BCUT2D eigenvalue weighted by Gasteiger charge is 2.50. The maximum atomic E-state index is 12.6. The highest BCUT2D eigenvalue weighted by Crippen LogP contribution is 2.67. The minimum absolute atomic E-state index is 0.203. The molecule has 0 N–H and O–H groups in total. The SMILES string of the molecule is CCCCC(CC)COc1cc(C=O)sc1-c1cc2c(s1)-c1sc(-c3c4c(c(-c5cc6c(s5)-c5sc(-c7sc(C=O)cc7OCC(CC)CCCC)cc5C6(CC(C)CC)CC(CC)CCCC)c5nsnc35)N=S=N4)cc1C2(CC(C)C)CC(CC)CCCC. The monoisotopic (exact) mass is 1370 g/mol. The van der Waals surface area contributed by atoms with E-state index in [2.05, 4.69) is 107 Å². The molecule has 7 unspecified atom stereocenters. The number of aldehydes is 2. The van der Waals surface area contributed by atoms with E-state index in [9.17, 15) is 9.59 Å². The van der Waals surface area contributed by atoms with Crippen LogP contribution in [0.5, 0.6) is 11.5 Å². The first-order valence-corrected chi connectivity index (χ1v) is 41.1. The molecule has 11 rings (SSSR count). The Morgan fingerprint density at radius 1 is 0.440 bits per heavy atom. The fourth-order valence-electron chi connectivity index (χ4n) is 15.2. The van der Waals surface area contributed by atoms with Gasteiger partial charge in [0, 0.05) is 73.1 Å². The number of hydrogen-bond donors (Lipinski definition) is 0. The van der Waals surface area contributed by atoms with E-state index in [1.54, 1.807) is 22.7 Å². The molecule has 0 saturated heterocycles. The minimum Gasteiger partial charge on any atom is -0.492 e. The average Bonchev–Trinajstić information content (AvgIpc) is 1.55. The van der Waals surface area contributed by atoms with E-state index in [0.717, 1.165) is 138 Å². The van der Waals surface area contributed by atoms with Gasteiger partial charge in [-0.25, -0.2) is 0 Å². The number of aromatic nitrogens is 2. The maximum Gasteiger partial charge on any atom is 0.160 e. The molecule has 3 aliphatic rings. The summed E-state index contributed by atoms with van der Waals surface area (Å²) in [6, 6.07) is 14.1. The molecule has 8 aromatic rings.